The average Bonchev–Trinajstić information content (AvgIpc) is 3.53. The lowest BCUT2D eigenvalue weighted by molar-refractivity contribution is -0.153. The van der Waals surface area contributed by atoms with Crippen LogP contribution in [0.4, 0.5) is 4.79 Å². The minimum Gasteiger partial charge on any atom is -0.497 e. The molecular weight excluding hydrogens is 602 g/mol. The van der Waals surface area contributed by atoms with Gasteiger partial charge in [0.2, 0.25) is 5.91 Å². The number of benzene rings is 3. The number of nitrogens with one attached hydrogen (secondary N) is 1. The highest BCUT2D eigenvalue weighted by Crippen LogP contribution is 2.39. The fraction of sp³-hybridized carbons (Fsp3) is 0.353. The monoisotopic (exact) mass is 643 g/mol. The molecule has 1 aliphatic heterocycles. The topological polar surface area (TPSA) is 128 Å². The van der Waals surface area contributed by atoms with Crippen LogP contribution in [0.3, 0.4) is 0 Å². The summed E-state index contributed by atoms with van der Waals surface area (Å²) < 4.78 is 18.0. The van der Waals surface area contributed by atoms with Crippen molar-refractivity contribution < 1.29 is 28.6 Å². The number of β-lactam (4-membered cyclic amide) rings is 1. The number of amides is 2. The molecule has 3 atom stereocenters. The van der Waals surface area contributed by atoms with Crippen molar-refractivity contribution in [2.75, 3.05) is 14.2 Å². The highest BCUT2D eigenvalue weighted by Gasteiger charge is 2.52. The van der Waals surface area contributed by atoms with Gasteiger partial charge in [0, 0.05) is 18.2 Å². The molecule has 1 saturated heterocycles. The third-order valence-electron chi connectivity index (χ3n) is 8.54. The summed E-state index contributed by atoms with van der Waals surface area (Å²) in [5.74, 6) is 0.857. The van der Waals surface area contributed by atoms with Gasteiger partial charge < -0.3 is 29.2 Å². The summed E-state index contributed by atoms with van der Waals surface area (Å²) in [6, 6.07) is 24.7. The number of hydrogen-bond acceptors (Lipinski definition) is 7. The van der Waals surface area contributed by atoms with E-state index in [9.17, 15) is 14.7 Å². The maximum Gasteiger partial charge on any atom is 0.405 e. The first-order valence-electron chi connectivity index (χ1n) is 15.2. The van der Waals surface area contributed by atoms with Crippen LogP contribution in [-0.4, -0.2) is 71.6 Å². The molecule has 1 fully saturated rings. The summed E-state index contributed by atoms with van der Waals surface area (Å²) in [4.78, 5) is 27.8. The van der Waals surface area contributed by atoms with Gasteiger partial charge >= 0.3 is 6.09 Å². The third-order valence-corrected chi connectivity index (χ3v) is 13.7. The Morgan fingerprint density at radius 2 is 1.63 bits per heavy atom. The first-order valence-corrected chi connectivity index (χ1v) is 17.1. The summed E-state index contributed by atoms with van der Waals surface area (Å²) in [5, 5.41) is 23.2. The Morgan fingerprint density at radius 3 is 2.17 bits per heavy atom. The molecule has 46 heavy (non-hydrogen) atoms. The van der Waals surface area contributed by atoms with E-state index in [1.54, 1.807) is 37.4 Å². The molecule has 1 aromatic heterocycles. The van der Waals surface area contributed by atoms with E-state index in [4.69, 9.17) is 19.0 Å². The number of ether oxygens (including phenoxy) is 2. The van der Waals surface area contributed by atoms with Crippen molar-refractivity contribution in [2.45, 2.75) is 64.0 Å². The molecule has 1 aliphatic rings. The molecule has 0 radical (unpaired) electrons. The molecule has 2 amide bonds. The fourth-order valence-corrected chi connectivity index (χ4v) is 10.9. The van der Waals surface area contributed by atoms with Crippen LogP contribution in [0.5, 0.6) is 11.5 Å². The molecule has 12 heteroatoms. The lowest BCUT2D eigenvalue weighted by Crippen LogP contribution is -2.71. The van der Waals surface area contributed by atoms with Crippen molar-refractivity contribution in [3.63, 3.8) is 0 Å². The largest absolute Gasteiger partial charge is 0.497 e. The second-order valence-corrected chi connectivity index (χ2v) is 16.6. The van der Waals surface area contributed by atoms with Gasteiger partial charge in [0.25, 0.3) is 8.32 Å². The Kier molecular flexibility index (Phi) is 9.49. The smallest absolute Gasteiger partial charge is 0.405 e. The number of hydrogen-bond donors (Lipinski definition) is 2. The van der Waals surface area contributed by atoms with E-state index in [-0.39, 0.29) is 24.0 Å². The summed E-state index contributed by atoms with van der Waals surface area (Å²) >= 11 is 0. The first-order chi connectivity index (χ1) is 22.0. The van der Waals surface area contributed by atoms with Crippen molar-refractivity contribution in [3.05, 3.63) is 96.3 Å². The standard InChI is InChI=1S/C34H41N5O6Si/c1-23(45-46(34(2,3)4,26-13-9-7-10-14-26)27-15-11-8-12-16-27)28-20-35-39(37-28)22-29-31(36-33(41)42)32(40)38(29)21-24-17-18-25(43-5)19-30(24)44-6/h7-20,23,29,31,36H,21-22H2,1-6H3,(H,41,42)/t23?,29-,31-/m0/s1. The molecule has 2 N–H and O–H groups in total. The first kappa shape index (κ1) is 32.7. The van der Waals surface area contributed by atoms with Gasteiger partial charge in [0.05, 0.1) is 39.1 Å². The Hall–Kier alpha value is -4.68. The van der Waals surface area contributed by atoms with Crippen LogP contribution in [0.25, 0.3) is 0 Å². The highest BCUT2D eigenvalue weighted by molar-refractivity contribution is 6.99. The van der Waals surface area contributed by atoms with Gasteiger partial charge in [0.1, 0.15) is 23.2 Å². The van der Waals surface area contributed by atoms with Crippen molar-refractivity contribution in [1.29, 1.82) is 0 Å². The Morgan fingerprint density at radius 1 is 1.00 bits per heavy atom. The second kappa shape index (κ2) is 13.4. The molecule has 0 saturated carbocycles. The number of aromatic nitrogens is 3. The maximum absolute atomic E-state index is 13.1. The van der Waals surface area contributed by atoms with Gasteiger partial charge in [-0.1, -0.05) is 81.4 Å². The van der Waals surface area contributed by atoms with Crippen LogP contribution in [0, 0.1) is 0 Å². The zero-order valence-electron chi connectivity index (χ0n) is 27.0. The van der Waals surface area contributed by atoms with Crippen molar-refractivity contribution >= 4 is 30.7 Å². The summed E-state index contributed by atoms with van der Waals surface area (Å²) in [6.07, 6.45) is 0.00143. The molecule has 3 aromatic carbocycles. The molecule has 4 aromatic rings. The number of methoxy groups -OCH3 is 2. The molecular formula is C34H41N5O6Si. The Balaban J connectivity index is 1.41. The fourth-order valence-electron chi connectivity index (χ4n) is 6.23. The maximum atomic E-state index is 13.1. The van der Waals surface area contributed by atoms with Gasteiger partial charge in [-0.2, -0.15) is 15.0 Å². The van der Waals surface area contributed by atoms with Crippen LogP contribution in [0.2, 0.25) is 5.04 Å². The zero-order valence-corrected chi connectivity index (χ0v) is 28.0. The van der Waals surface area contributed by atoms with E-state index in [1.807, 2.05) is 49.4 Å². The predicted molar refractivity (Wildman–Crippen MR) is 176 cm³/mol. The molecule has 0 bridgehead atoms. The number of nitrogens with zero attached hydrogens (tertiary/aromatic N) is 4. The summed E-state index contributed by atoms with van der Waals surface area (Å²) in [7, 11) is 0.268. The van der Waals surface area contributed by atoms with Gasteiger partial charge in [-0.05, 0) is 34.5 Å². The lowest BCUT2D eigenvalue weighted by Gasteiger charge is -2.46. The minimum atomic E-state index is -2.85. The second-order valence-electron chi connectivity index (χ2n) is 12.4. The van der Waals surface area contributed by atoms with E-state index >= 15 is 0 Å². The van der Waals surface area contributed by atoms with Crippen molar-refractivity contribution in [1.82, 2.24) is 25.2 Å². The van der Waals surface area contributed by atoms with E-state index in [0.717, 1.165) is 15.9 Å². The number of rotatable bonds is 12. The lowest BCUT2D eigenvalue weighted by atomic mass is 9.94. The third kappa shape index (κ3) is 6.35. The SMILES string of the molecule is COc1ccc(CN2C(=O)[C@@H](NC(=O)O)[C@@H]2Cn2ncc(C(C)O[Si](c3ccccc3)(c3ccccc3)C(C)(C)C)n2)c(OC)c1. The van der Waals surface area contributed by atoms with Crippen LogP contribution in [0.1, 0.15) is 45.1 Å². The molecule has 0 spiro atoms. The molecule has 2 heterocycles. The van der Waals surface area contributed by atoms with Gasteiger partial charge in [0.15, 0.2) is 0 Å². The Labute approximate surface area is 270 Å². The number of carboxylic acid groups (broad SMARTS) is 1. The molecule has 5 rings (SSSR count). The van der Waals surface area contributed by atoms with Crippen LogP contribution in [-0.2, 0) is 22.3 Å². The quantitative estimate of drug-likeness (QED) is 0.175. The number of carbonyl (C=O) groups is 2. The molecule has 0 aliphatic carbocycles. The Bertz CT molecular complexity index is 1620. The molecule has 1 unspecified atom stereocenters. The van der Waals surface area contributed by atoms with E-state index in [1.165, 1.54) is 4.80 Å². The van der Waals surface area contributed by atoms with E-state index in [0.29, 0.717) is 17.2 Å². The summed E-state index contributed by atoms with van der Waals surface area (Å²) in [6.45, 7) is 9.05. The van der Waals surface area contributed by atoms with E-state index < -0.39 is 32.6 Å². The molecule has 11 nitrogen and oxygen atoms in total. The van der Waals surface area contributed by atoms with Gasteiger partial charge in [-0.3, -0.25) is 4.79 Å². The van der Waals surface area contributed by atoms with Crippen molar-refractivity contribution in [3.8, 4) is 11.5 Å². The minimum absolute atomic E-state index is 0.182. The van der Waals surface area contributed by atoms with Crippen molar-refractivity contribution in [2.24, 2.45) is 0 Å². The van der Waals surface area contributed by atoms with E-state index in [2.05, 4.69) is 55.5 Å². The highest BCUT2D eigenvalue weighted by atomic mass is 28.4. The van der Waals surface area contributed by atoms with Crippen LogP contribution >= 0.6 is 0 Å². The normalized spacial score (nSPS) is 17.3. The van der Waals surface area contributed by atoms with Gasteiger partial charge in [-0.15, -0.1) is 0 Å². The average molecular weight is 644 g/mol. The van der Waals surface area contributed by atoms with Gasteiger partial charge in [-0.25, -0.2) is 4.79 Å². The summed E-state index contributed by atoms with van der Waals surface area (Å²) in [5.41, 5.74) is 1.40. The number of carbonyl (C=O) groups excluding carboxylic acids is 1. The predicted octanol–water partition coefficient (Wildman–Crippen LogP) is 3.98. The molecule has 242 valence electrons. The number of likely N-dealkylation sites (tertiary alicyclic amines) is 1. The van der Waals surface area contributed by atoms with Crippen LogP contribution in [0.15, 0.2) is 85.1 Å². The zero-order chi connectivity index (χ0) is 33.1. The van der Waals surface area contributed by atoms with Crippen LogP contribution < -0.4 is 25.2 Å².